The van der Waals surface area contributed by atoms with Crippen molar-refractivity contribution in [2.75, 3.05) is 6.54 Å². The van der Waals surface area contributed by atoms with Crippen molar-refractivity contribution in [3.8, 4) is 5.75 Å². The molecule has 0 radical (unpaired) electrons. The summed E-state index contributed by atoms with van der Waals surface area (Å²) in [4.78, 5) is 2.80. The Kier molecular flexibility index (Phi) is 4.90. The Labute approximate surface area is 135 Å². The van der Waals surface area contributed by atoms with Crippen LogP contribution in [0.2, 0.25) is 0 Å². The highest BCUT2D eigenvalue weighted by molar-refractivity contribution is 7.71. The molecule has 1 fully saturated rings. The number of ether oxygens (including phenoxy) is 1. The van der Waals surface area contributed by atoms with Gasteiger partial charge in [0.25, 0.3) is 10.7 Å². The van der Waals surface area contributed by atoms with Gasteiger partial charge in [-0.1, -0.05) is 24.6 Å². The lowest BCUT2D eigenvalue weighted by Gasteiger charge is -2.32. The second-order valence-corrected chi connectivity index (χ2v) is 6.01. The molecular formula is C16H21N3O2S. The Bertz CT molecular complexity index is 653. The standard InChI is InChI=1S/C16H21N3O2S/c1-13-7-5-6-10-18(13)12-19-16(22)21-15(17-19)11-20-14-8-3-2-4-9-14/h2-4,8-9,13H,5-7,10-12H2,1H3/t13-/m1/s1. The second kappa shape index (κ2) is 7.07. The summed E-state index contributed by atoms with van der Waals surface area (Å²) in [6, 6.07) is 10.2. The molecule has 2 aromatic rings. The molecular weight excluding hydrogens is 298 g/mol. The first-order valence-electron chi connectivity index (χ1n) is 7.71. The van der Waals surface area contributed by atoms with Crippen LogP contribution < -0.4 is 4.74 Å². The molecule has 2 heterocycles. The van der Waals surface area contributed by atoms with E-state index in [1.54, 1.807) is 4.68 Å². The first-order chi connectivity index (χ1) is 10.7. The van der Waals surface area contributed by atoms with Gasteiger partial charge in [0.15, 0.2) is 6.61 Å². The monoisotopic (exact) mass is 319 g/mol. The average molecular weight is 319 g/mol. The van der Waals surface area contributed by atoms with Crippen molar-refractivity contribution in [2.24, 2.45) is 0 Å². The lowest BCUT2D eigenvalue weighted by atomic mass is 10.0. The van der Waals surface area contributed by atoms with Crippen LogP contribution in [0.4, 0.5) is 0 Å². The predicted octanol–water partition coefficient (Wildman–Crippen LogP) is 3.62. The Morgan fingerprint density at radius 2 is 2.14 bits per heavy atom. The van der Waals surface area contributed by atoms with E-state index in [4.69, 9.17) is 21.4 Å². The zero-order chi connectivity index (χ0) is 15.4. The fraction of sp³-hybridized carbons (Fsp3) is 0.500. The highest BCUT2D eigenvalue weighted by Gasteiger charge is 2.19. The molecule has 0 aliphatic carbocycles. The van der Waals surface area contributed by atoms with Crippen LogP contribution in [0.25, 0.3) is 0 Å². The summed E-state index contributed by atoms with van der Waals surface area (Å²) in [6.07, 6.45) is 3.77. The third kappa shape index (κ3) is 3.75. The molecule has 0 bridgehead atoms. The molecule has 1 aliphatic rings. The summed E-state index contributed by atoms with van der Waals surface area (Å²) >= 11 is 5.26. The SMILES string of the molecule is C[C@@H]1CCCCN1Cn1nc(COc2ccccc2)oc1=S. The minimum atomic E-state index is 0.288. The minimum Gasteiger partial charge on any atom is -0.484 e. The number of benzene rings is 1. The summed E-state index contributed by atoms with van der Waals surface area (Å²) in [5, 5.41) is 4.43. The molecule has 5 nitrogen and oxygen atoms in total. The van der Waals surface area contributed by atoms with E-state index >= 15 is 0 Å². The molecule has 118 valence electrons. The molecule has 1 saturated heterocycles. The molecule has 1 aromatic carbocycles. The second-order valence-electron chi connectivity index (χ2n) is 5.66. The smallest absolute Gasteiger partial charge is 0.288 e. The number of rotatable bonds is 5. The molecule has 6 heteroatoms. The zero-order valence-corrected chi connectivity index (χ0v) is 13.6. The van der Waals surface area contributed by atoms with Crippen LogP contribution in [0.5, 0.6) is 5.75 Å². The largest absolute Gasteiger partial charge is 0.484 e. The van der Waals surface area contributed by atoms with Gasteiger partial charge in [-0.2, -0.15) is 0 Å². The predicted molar refractivity (Wildman–Crippen MR) is 86.1 cm³/mol. The molecule has 1 aromatic heterocycles. The summed E-state index contributed by atoms with van der Waals surface area (Å²) in [6.45, 7) is 4.32. The van der Waals surface area contributed by atoms with E-state index in [2.05, 4.69) is 16.9 Å². The van der Waals surface area contributed by atoms with Gasteiger partial charge in [-0.15, -0.1) is 5.10 Å². The number of hydrogen-bond acceptors (Lipinski definition) is 5. The van der Waals surface area contributed by atoms with Crippen molar-refractivity contribution in [3.05, 3.63) is 41.1 Å². The maximum atomic E-state index is 5.64. The number of nitrogens with zero attached hydrogens (tertiary/aromatic N) is 3. The quantitative estimate of drug-likeness (QED) is 0.788. The lowest BCUT2D eigenvalue weighted by molar-refractivity contribution is 0.113. The molecule has 1 aliphatic heterocycles. The summed E-state index contributed by atoms with van der Waals surface area (Å²) < 4.78 is 12.9. The molecule has 0 spiro atoms. The summed E-state index contributed by atoms with van der Waals surface area (Å²) in [5.74, 6) is 1.31. The van der Waals surface area contributed by atoms with E-state index < -0.39 is 0 Å². The van der Waals surface area contributed by atoms with Gasteiger partial charge >= 0.3 is 0 Å². The Balaban J connectivity index is 1.62. The zero-order valence-electron chi connectivity index (χ0n) is 12.8. The molecule has 3 rings (SSSR count). The lowest BCUT2D eigenvalue weighted by Crippen LogP contribution is -2.38. The first kappa shape index (κ1) is 15.2. The minimum absolute atomic E-state index is 0.288. The van der Waals surface area contributed by atoms with Gasteiger partial charge in [0.05, 0.1) is 6.67 Å². The molecule has 0 unspecified atom stereocenters. The third-order valence-corrected chi connectivity index (χ3v) is 4.30. The number of para-hydroxylation sites is 1. The van der Waals surface area contributed by atoms with Crippen molar-refractivity contribution in [1.82, 2.24) is 14.7 Å². The van der Waals surface area contributed by atoms with Gasteiger partial charge in [0.1, 0.15) is 5.75 Å². The van der Waals surface area contributed by atoms with Crippen LogP contribution >= 0.6 is 12.2 Å². The van der Waals surface area contributed by atoms with E-state index in [1.165, 1.54) is 19.3 Å². The molecule has 0 amide bonds. The summed E-state index contributed by atoms with van der Waals surface area (Å²) in [5.41, 5.74) is 0. The van der Waals surface area contributed by atoms with E-state index in [-0.39, 0.29) is 6.61 Å². The van der Waals surface area contributed by atoms with E-state index in [0.29, 0.717) is 23.4 Å². The van der Waals surface area contributed by atoms with Gasteiger partial charge < -0.3 is 9.15 Å². The first-order valence-corrected chi connectivity index (χ1v) is 8.12. The molecule has 0 saturated carbocycles. The average Bonchev–Trinajstić information content (AvgIpc) is 2.89. The third-order valence-electron chi connectivity index (χ3n) is 4.01. The van der Waals surface area contributed by atoms with Crippen molar-refractivity contribution >= 4 is 12.2 Å². The maximum Gasteiger partial charge on any atom is 0.288 e. The van der Waals surface area contributed by atoms with Crippen LogP contribution in [0.15, 0.2) is 34.7 Å². The maximum absolute atomic E-state index is 5.64. The van der Waals surface area contributed by atoms with Crippen molar-refractivity contribution in [3.63, 3.8) is 0 Å². The highest BCUT2D eigenvalue weighted by atomic mass is 32.1. The fourth-order valence-corrected chi connectivity index (χ4v) is 2.89. The van der Waals surface area contributed by atoms with Gasteiger partial charge in [0.2, 0.25) is 0 Å². The van der Waals surface area contributed by atoms with Crippen molar-refractivity contribution in [2.45, 2.75) is 45.5 Å². The normalized spacial score (nSPS) is 19.2. The number of hydrogen-bond donors (Lipinski definition) is 0. The van der Waals surface area contributed by atoms with Gasteiger partial charge in [-0.3, -0.25) is 4.90 Å². The Morgan fingerprint density at radius 1 is 1.32 bits per heavy atom. The van der Waals surface area contributed by atoms with E-state index in [9.17, 15) is 0 Å². The van der Waals surface area contributed by atoms with E-state index in [0.717, 1.165) is 12.3 Å². The number of likely N-dealkylation sites (tertiary alicyclic amines) is 1. The molecule has 1 atom stereocenters. The van der Waals surface area contributed by atoms with Gasteiger partial charge in [0, 0.05) is 12.6 Å². The van der Waals surface area contributed by atoms with Gasteiger partial charge in [-0.25, -0.2) is 4.68 Å². The van der Waals surface area contributed by atoms with Crippen LogP contribution in [-0.4, -0.2) is 27.3 Å². The number of piperidine rings is 1. The molecule has 22 heavy (non-hydrogen) atoms. The highest BCUT2D eigenvalue weighted by Crippen LogP contribution is 2.17. The summed E-state index contributed by atoms with van der Waals surface area (Å²) in [7, 11) is 0. The van der Waals surface area contributed by atoms with Crippen LogP contribution in [0, 0.1) is 4.84 Å². The van der Waals surface area contributed by atoms with E-state index in [1.807, 2.05) is 30.3 Å². The Morgan fingerprint density at radius 3 is 2.91 bits per heavy atom. The van der Waals surface area contributed by atoms with Crippen LogP contribution in [-0.2, 0) is 13.3 Å². The van der Waals surface area contributed by atoms with Gasteiger partial charge in [-0.05, 0) is 44.1 Å². The van der Waals surface area contributed by atoms with Crippen LogP contribution in [0.1, 0.15) is 32.1 Å². The van der Waals surface area contributed by atoms with Crippen LogP contribution in [0.3, 0.4) is 0 Å². The molecule has 0 N–H and O–H groups in total. The number of aromatic nitrogens is 2. The topological polar surface area (TPSA) is 43.4 Å². The Hall–Kier alpha value is -1.66. The van der Waals surface area contributed by atoms with Crippen molar-refractivity contribution < 1.29 is 9.15 Å². The fourth-order valence-electron chi connectivity index (χ4n) is 2.70. The van der Waals surface area contributed by atoms with Crippen molar-refractivity contribution in [1.29, 1.82) is 0 Å².